The van der Waals surface area contributed by atoms with E-state index in [0.717, 1.165) is 6.07 Å². The molecule has 5 nitrogen and oxygen atoms in total. The lowest BCUT2D eigenvalue weighted by atomic mass is 10.1. The van der Waals surface area contributed by atoms with Gasteiger partial charge in [-0.25, -0.2) is 14.0 Å². The van der Waals surface area contributed by atoms with Crippen LogP contribution in [0.15, 0.2) is 24.8 Å². The van der Waals surface area contributed by atoms with Crippen molar-refractivity contribution in [2.24, 2.45) is 0 Å². The minimum absolute atomic E-state index is 0.0256. The van der Waals surface area contributed by atoms with Crippen LogP contribution in [0.25, 0.3) is 0 Å². The van der Waals surface area contributed by atoms with Crippen molar-refractivity contribution < 1.29 is 23.8 Å². The van der Waals surface area contributed by atoms with Crippen LogP contribution in [0, 0.1) is 12.7 Å². The van der Waals surface area contributed by atoms with E-state index in [2.05, 4.69) is 16.6 Å². The van der Waals surface area contributed by atoms with Crippen LogP contribution in [-0.4, -0.2) is 23.8 Å². The predicted octanol–water partition coefficient (Wildman–Crippen LogP) is 2.57. The normalized spacial score (nSPS) is 9.67. The summed E-state index contributed by atoms with van der Waals surface area (Å²) in [6.45, 7) is 4.80. The molecule has 1 aromatic carbocycles. The molecule has 1 rings (SSSR count). The molecule has 18 heavy (non-hydrogen) atoms. The van der Waals surface area contributed by atoms with E-state index in [0.29, 0.717) is 0 Å². The van der Waals surface area contributed by atoms with Gasteiger partial charge in [-0.15, -0.1) is 0 Å². The fraction of sp³-hybridized carbons (Fsp3) is 0.167. The van der Waals surface area contributed by atoms with Crippen molar-refractivity contribution in [2.75, 3.05) is 11.9 Å². The molecule has 0 fully saturated rings. The number of hydrogen-bond donors (Lipinski definition) is 2. The van der Waals surface area contributed by atoms with E-state index < -0.39 is 23.4 Å². The smallest absolute Gasteiger partial charge is 0.411 e. The second-order valence-corrected chi connectivity index (χ2v) is 3.47. The molecular weight excluding hydrogens is 241 g/mol. The van der Waals surface area contributed by atoms with Crippen LogP contribution >= 0.6 is 0 Å². The van der Waals surface area contributed by atoms with Crippen LogP contribution in [0.1, 0.15) is 15.9 Å². The van der Waals surface area contributed by atoms with Gasteiger partial charge in [-0.1, -0.05) is 12.7 Å². The molecule has 0 aliphatic carbocycles. The largest absolute Gasteiger partial charge is 0.478 e. The molecule has 1 aromatic rings. The second-order valence-electron chi connectivity index (χ2n) is 3.47. The number of amides is 1. The molecule has 0 spiro atoms. The first kappa shape index (κ1) is 13.7. The number of aromatic carboxylic acids is 1. The number of ether oxygens (including phenoxy) is 1. The number of halogens is 1. The van der Waals surface area contributed by atoms with Gasteiger partial charge in [0.2, 0.25) is 0 Å². The van der Waals surface area contributed by atoms with Gasteiger partial charge in [-0.2, -0.15) is 0 Å². The van der Waals surface area contributed by atoms with Crippen LogP contribution in [0.2, 0.25) is 0 Å². The third kappa shape index (κ3) is 3.31. The zero-order valence-corrected chi connectivity index (χ0v) is 9.70. The fourth-order valence-electron chi connectivity index (χ4n) is 1.29. The number of carbonyl (C=O) groups is 2. The first-order valence-corrected chi connectivity index (χ1v) is 5.03. The van der Waals surface area contributed by atoms with E-state index in [-0.39, 0.29) is 17.9 Å². The van der Waals surface area contributed by atoms with Crippen molar-refractivity contribution in [2.45, 2.75) is 6.92 Å². The molecule has 6 heteroatoms. The lowest BCUT2D eigenvalue weighted by Gasteiger charge is -2.08. The third-order valence-electron chi connectivity index (χ3n) is 2.06. The monoisotopic (exact) mass is 253 g/mol. The first-order valence-electron chi connectivity index (χ1n) is 5.03. The molecule has 96 valence electrons. The maximum absolute atomic E-state index is 13.4. The van der Waals surface area contributed by atoms with Gasteiger partial charge in [-0.05, 0) is 24.6 Å². The number of anilines is 1. The van der Waals surface area contributed by atoms with Crippen molar-refractivity contribution in [3.8, 4) is 0 Å². The summed E-state index contributed by atoms with van der Waals surface area (Å²) in [5, 5.41) is 11.1. The number of hydrogen-bond acceptors (Lipinski definition) is 3. The Kier molecular flexibility index (Phi) is 4.42. The highest BCUT2D eigenvalue weighted by Gasteiger charge is 2.15. The van der Waals surface area contributed by atoms with Crippen molar-refractivity contribution in [1.29, 1.82) is 0 Å². The van der Waals surface area contributed by atoms with Crippen LogP contribution in [-0.2, 0) is 4.74 Å². The van der Waals surface area contributed by atoms with Crippen molar-refractivity contribution in [3.05, 3.63) is 41.7 Å². The summed E-state index contributed by atoms with van der Waals surface area (Å²) in [6, 6.07) is 2.34. The highest BCUT2D eigenvalue weighted by atomic mass is 19.1. The maximum Gasteiger partial charge on any atom is 0.411 e. The maximum atomic E-state index is 13.4. The molecular formula is C12H12FNO4. The molecule has 2 N–H and O–H groups in total. The molecule has 0 radical (unpaired) electrons. The standard InChI is InChI=1S/C12H12FNO4/c1-3-4-18-12(17)14-8-5-7(2)10(13)9(6-8)11(15)16/h3,5-6H,1,4H2,2H3,(H,14,17)(H,15,16). The van der Waals surface area contributed by atoms with Crippen LogP contribution in [0.3, 0.4) is 0 Å². The average Bonchev–Trinajstić information content (AvgIpc) is 2.30. The van der Waals surface area contributed by atoms with E-state index in [4.69, 9.17) is 5.11 Å². The van der Waals surface area contributed by atoms with Gasteiger partial charge in [-0.3, -0.25) is 5.32 Å². The predicted molar refractivity (Wildman–Crippen MR) is 63.3 cm³/mol. The van der Waals surface area contributed by atoms with Crippen molar-refractivity contribution in [1.82, 2.24) is 0 Å². The Morgan fingerprint density at radius 1 is 1.56 bits per heavy atom. The molecule has 0 saturated heterocycles. The summed E-state index contributed by atoms with van der Waals surface area (Å²) in [7, 11) is 0. The Morgan fingerprint density at radius 3 is 2.78 bits per heavy atom. The third-order valence-corrected chi connectivity index (χ3v) is 2.06. The Balaban J connectivity index is 2.94. The highest BCUT2D eigenvalue weighted by molar-refractivity contribution is 5.92. The van der Waals surface area contributed by atoms with E-state index in [9.17, 15) is 14.0 Å². The number of carbonyl (C=O) groups excluding carboxylic acids is 1. The van der Waals surface area contributed by atoms with Gasteiger partial charge < -0.3 is 9.84 Å². The number of carboxylic acids is 1. The Labute approximate surface area is 103 Å². The molecule has 0 heterocycles. The first-order chi connectivity index (χ1) is 8.45. The number of benzene rings is 1. The zero-order valence-electron chi connectivity index (χ0n) is 9.70. The van der Waals surface area contributed by atoms with Gasteiger partial charge in [0.15, 0.2) is 0 Å². The van der Waals surface area contributed by atoms with Crippen LogP contribution in [0.5, 0.6) is 0 Å². The highest BCUT2D eigenvalue weighted by Crippen LogP contribution is 2.19. The van der Waals surface area contributed by atoms with E-state index in [1.165, 1.54) is 19.1 Å². The van der Waals surface area contributed by atoms with Gasteiger partial charge >= 0.3 is 12.1 Å². The van der Waals surface area contributed by atoms with Gasteiger partial charge in [0, 0.05) is 5.69 Å². The average molecular weight is 253 g/mol. The number of aryl methyl sites for hydroxylation is 1. The van der Waals surface area contributed by atoms with E-state index >= 15 is 0 Å². The zero-order chi connectivity index (χ0) is 13.7. The summed E-state index contributed by atoms with van der Waals surface area (Å²) in [5.74, 6) is -2.23. The number of carboxylic acid groups (broad SMARTS) is 1. The molecule has 0 aliphatic rings. The Bertz CT molecular complexity index is 499. The summed E-state index contributed by atoms with van der Waals surface area (Å²) in [6.07, 6.45) is 0.621. The van der Waals surface area contributed by atoms with Crippen molar-refractivity contribution in [3.63, 3.8) is 0 Å². The second kappa shape index (κ2) is 5.81. The fourth-order valence-corrected chi connectivity index (χ4v) is 1.29. The van der Waals surface area contributed by atoms with Gasteiger partial charge in [0.05, 0.1) is 5.56 Å². The molecule has 0 bridgehead atoms. The van der Waals surface area contributed by atoms with Gasteiger partial charge in [0.1, 0.15) is 12.4 Å². The minimum Gasteiger partial charge on any atom is -0.478 e. The summed E-state index contributed by atoms with van der Waals surface area (Å²) >= 11 is 0. The van der Waals surface area contributed by atoms with E-state index in [1.54, 1.807) is 0 Å². The molecule has 0 unspecified atom stereocenters. The lowest BCUT2D eigenvalue weighted by Crippen LogP contribution is -2.14. The summed E-state index contributed by atoms with van der Waals surface area (Å²) in [5.41, 5.74) is -0.233. The number of nitrogens with one attached hydrogen (secondary N) is 1. The van der Waals surface area contributed by atoms with Crippen LogP contribution in [0.4, 0.5) is 14.9 Å². The van der Waals surface area contributed by atoms with Crippen molar-refractivity contribution >= 4 is 17.7 Å². The SMILES string of the molecule is C=CCOC(=O)Nc1cc(C)c(F)c(C(=O)O)c1. The Hall–Kier alpha value is -2.37. The summed E-state index contributed by atoms with van der Waals surface area (Å²) < 4.78 is 18.1. The van der Waals surface area contributed by atoms with Crippen LogP contribution < -0.4 is 5.32 Å². The number of rotatable bonds is 4. The lowest BCUT2D eigenvalue weighted by molar-refractivity contribution is 0.0691. The van der Waals surface area contributed by atoms with Gasteiger partial charge in [0.25, 0.3) is 0 Å². The molecule has 1 amide bonds. The molecule has 0 saturated carbocycles. The summed E-state index contributed by atoms with van der Waals surface area (Å²) in [4.78, 5) is 22.0. The molecule has 0 atom stereocenters. The minimum atomic E-state index is -1.40. The molecule has 0 aromatic heterocycles. The topological polar surface area (TPSA) is 75.6 Å². The van der Waals surface area contributed by atoms with E-state index in [1.807, 2.05) is 0 Å². The quantitative estimate of drug-likeness (QED) is 0.808. The molecule has 0 aliphatic heterocycles. The Morgan fingerprint density at radius 2 is 2.22 bits per heavy atom.